The van der Waals surface area contributed by atoms with Gasteiger partial charge in [0.2, 0.25) is 0 Å². The number of hydrogen-bond acceptors (Lipinski definition) is 3. The lowest BCUT2D eigenvalue weighted by Gasteiger charge is -2.33. The second-order valence-corrected chi connectivity index (χ2v) is 7.61. The topological polar surface area (TPSA) is 54.5 Å². The van der Waals surface area contributed by atoms with Crippen molar-refractivity contribution >= 4 is 15.7 Å². The van der Waals surface area contributed by atoms with Crippen molar-refractivity contribution in [2.75, 3.05) is 12.8 Å². The third-order valence-corrected chi connectivity index (χ3v) is 5.04. The highest BCUT2D eigenvalue weighted by Gasteiger charge is 2.25. The first-order chi connectivity index (χ1) is 9.30. The number of hydrogen-bond donors (Lipinski definition) is 0. The van der Waals surface area contributed by atoms with E-state index in [-0.39, 0.29) is 16.8 Å². The Bertz CT molecular complexity index is 622. The number of carbonyl (C=O) groups excluding carboxylic acids is 1. The van der Waals surface area contributed by atoms with E-state index < -0.39 is 9.84 Å². The molecule has 1 aromatic carbocycles. The molecule has 4 nitrogen and oxygen atoms in total. The van der Waals surface area contributed by atoms with Crippen molar-refractivity contribution in [2.45, 2.75) is 44.0 Å². The number of piperidine rings is 1. The van der Waals surface area contributed by atoms with Gasteiger partial charge in [-0.2, -0.15) is 0 Å². The van der Waals surface area contributed by atoms with Gasteiger partial charge < -0.3 is 4.90 Å². The van der Waals surface area contributed by atoms with E-state index in [2.05, 4.69) is 0 Å². The van der Waals surface area contributed by atoms with Gasteiger partial charge in [-0.3, -0.25) is 4.79 Å². The van der Waals surface area contributed by atoms with Crippen LogP contribution < -0.4 is 0 Å². The number of likely N-dealkylation sites (tertiary alicyclic amines) is 1. The molecule has 1 aliphatic heterocycles. The fraction of sp³-hybridized carbons (Fsp3) is 0.533. The van der Waals surface area contributed by atoms with Gasteiger partial charge in [0, 0.05) is 24.4 Å². The van der Waals surface area contributed by atoms with Crippen molar-refractivity contribution in [3.63, 3.8) is 0 Å². The van der Waals surface area contributed by atoms with Crippen molar-refractivity contribution in [1.82, 2.24) is 4.90 Å². The van der Waals surface area contributed by atoms with Crippen LogP contribution in [-0.2, 0) is 9.84 Å². The van der Waals surface area contributed by atoms with Crippen LogP contribution in [0.4, 0.5) is 0 Å². The number of sulfone groups is 1. The molecule has 0 radical (unpaired) electrons. The van der Waals surface area contributed by atoms with Gasteiger partial charge in [0.05, 0.1) is 4.90 Å². The maximum Gasteiger partial charge on any atom is 0.254 e. The van der Waals surface area contributed by atoms with Crippen LogP contribution in [0.2, 0.25) is 0 Å². The van der Waals surface area contributed by atoms with E-state index in [4.69, 9.17) is 0 Å². The van der Waals surface area contributed by atoms with Crippen LogP contribution in [0.1, 0.15) is 42.1 Å². The van der Waals surface area contributed by atoms with E-state index >= 15 is 0 Å². The van der Waals surface area contributed by atoms with Gasteiger partial charge in [-0.1, -0.05) is 6.07 Å². The van der Waals surface area contributed by atoms with E-state index in [0.717, 1.165) is 37.6 Å². The summed E-state index contributed by atoms with van der Waals surface area (Å²) in [6, 6.07) is 4.99. The molecule has 1 unspecified atom stereocenters. The molecule has 1 aliphatic rings. The number of rotatable bonds is 2. The van der Waals surface area contributed by atoms with Gasteiger partial charge in [0.15, 0.2) is 9.84 Å². The lowest BCUT2D eigenvalue weighted by molar-refractivity contribution is 0.0634. The standard InChI is InChI=1S/C15H21NO3S/c1-11-7-8-13(20(3,18)19)10-14(11)15(17)16-9-5-4-6-12(16)2/h7-8,10,12H,4-6,9H2,1-3H3. The fourth-order valence-corrected chi connectivity index (χ4v) is 3.26. The Hall–Kier alpha value is -1.36. The normalized spacial score (nSPS) is 19.9. The maximum absolute atomic E-state index is 12.6. The fourth-order valence-electron chi connectivity index (χ4n) is 2.62. The minimum Gasteiger partial charge on any atom is -0.336 e. The van der Waals surface area contributed by atoms with Gasteiger partial charge in [0.25, 0.3) is 5.91 Å². The van der Waals surface area contributed by atoms with Crippen LogP contribution in [0.25, 0.3) is 0 Å². The van der Waals surface area contributed by atoms with E-state index in [1.807, 2.05) is 18.7 Å². The zero-order valence-corrected chi connectivity index (χ0v) is 13.0. The molecule has 0 aliphatic carbocycles. The predicted molar refractivity (Wildman–Crippen MR) is 78.6 cm³/mol. The third kappa shape index (κ3) is 3.03. The monoisotopic (exact) mass is 295 g/mol. The molecule has 0 bridgehead atoms. The SMILES string of the molecule is Cc1ccc(S(C)(=O)=O)cc1C(=O)N1CCCCC1C. The molecule has 1 aromatic rings. The molecule has 0 spiro atoms. The predicted octanol–water partition coefficient (Wildman–Crippen LogP) is 2.41. The van der Waals surface area contributed by atoms with Gasteiger partial charge in [-0.25, -0.2) is 8.42 Å². The number of nitrogens with zero attached hydrogens (tertiary/aromatic N) is 1. The summed E-state index contributed by atoms with van der Waals surface area (Å²) in [5, 5.41) is 0. The molecule has 1 atom stereocenters. The van der Waals surface area contributed by atoms with E-state index in [1.54, 1.807) is 12.1 Å². The first kappa shape index (κ1) is 15.0. The number of benzene rings is 1. The molecule has 1 saturated heterocycles. The molecule has 1 fully saturated rings. The van der Waals surface area contributed by atoms with Crippen LogP contribution >= 0.6 is 0 Å². The minimum absolute atomic E-state index is 0.0554. The summed E-state index contributed by atoms with van der Waals surface area (Å²) in [4.78, 5) is 14.7. The first-order valence-electron chi connectivity index (χ1n) is 6.92. The number of carbonyl (C=O) groups is 1. The summed E-state index contributed by atoms with van der Waals surface area (Å²) in [7, 11) is -3.29. The van der Waals surface area contributed by atoms with Gasteiger partial charge in [0.1, 0.15) is 0 Å². The molecule has 1 amide bonds. The largest absolute Gasteiger partial charge is 0.336 e. The van der Waals surface area contributed by atoms with Crippen LogP contribution in [0, 0.1) is 6.92 Å². The van der Waals surface area contributed by atoms with Crippen molar-refractivity contribution in [2.24, 2.45) is 0 Å². The van der Waals surface area contributed by atoms with Crippen molar-refractivity contribution in [3.05, 3.63) is 29.3 Å². The van der Waals surface area contributed by atoms with Crippen LogP contribution in [0.3, 0.4) is 0 Å². The molecule has 5 heteroatoms. The molecule has 110 valence electrons. The van der Waals surface area contributed by atoms with Crippen molar-refractivity contribution in [1.29, 1.82) is 0 Å². The molecule has 0 aromatic heterocycles. The molecular formula is C15H21NO3S. The summed E-state index contributed by atoms with van der Waals surface area (Å²) in [5.41, 5.74) is 1.32. The molecule has 20 heavy (non-hydrogen) atoms. The average Bonchev–Trinajstić information content (AvgIpc) is 2.37. The van der Waals surface area contributed by atoms with E-state index in [1.165, 1.54) is 6.07 Å². The second-order valence-electron chi connectivity index (χ2n) is 5.59. The van der Waals surface area contributed by atoms with Gasteiger partial charge >= 0.3 is 0 Å². The number of amides is 1. The molecular weight excluding hydrogens is 274 g/mol. The van der Waals surface area contributed by atoms with Crippen molar-refractivity contribution in [3.8, 4) is 0 Å². The summed E-state index contributed by atoms with van der Waals surface area (Å²) in [6.45, 7) is 4.64. The second kappa shape index (κ2) is 5.56. The Labute approximate surface area is 120 Å². The quantitative estimate of drug-likeness (QED) is 0.842. The van der Waals surface area contributed by atoms with Crippen LogP contribution in [0.15, 0.2) is 23.1 Å². The smallest absolute Gasteiger partial charge is 0.254 e. The Morgan fingerprint density at radius 2 is 2.00 bits per heavy atom. The lowest BCUT2D eigenvalue weighted by Crippen LogP contribution is -2.42. The van der Waals surface area contributed by atoms with E-state index in [9.17, 15) is 13.2 Å². The third-order valence-electron chi connectivity index (χ3n) is 3.93. The van der Waals surface area contributed by atoms with Gasteiger partial charge in [-0.05, 0) is 50.8 Å². The summed E-state index contributed by atoms with van der Waals surface area (Å²) >= 11 is 0. The Kier molecular flexibility index (Phi) is 4.18. The maximum atomic E-state index is 12.6. The highest BCUT2D eigenvalue weighted by molar-refractivity contribution is 7.90. The number of aryl methyl sites for hydroxylation is 1. The lowest BCUT2D eigenvalue weighted by atomic mass is 10.0. The Morgan fingerprint density at radius 3 is 2.60 bits per heavy atom. The van der Waals surface area contributed by atoms with E-state index in [0.29, 0.717) is 5.56 Å². The molecule has 1 heterocycles. The molecule has 0 saturated carbocycles. The zero-order chi connectivity index (χ0) is 14.9. The first-order valence-corrected chi connectivity index (χ1v) is 8.81. The minimum atomic E-state index is -3.29. The highest BCUT2D eigenvalue weighted by atomic mass is 32.2. The molecule has 0 N–H and O–H groups in total. The Morgan fingerprint density at radius 1 is 1.30 bits per heavy atom. The summed E-state index contributed by atoms with van der Waals surface area (Å²) in [5.74, 6) is -0.0554. The van der Waals surface area contributed by atoms with Crippen LogP contribution in [-0.4, -0.2) is 38.1 Å². The Balaban J connectivity index is 2.38. The van der Waals surface area contributed by atoms with Crippen molar-refractivity contribution < 1.29 is 13.2 Å². The average molecular weight is 295 g/mol. The summed E-state index contributed by atoms with van der Waals surface area (Å²) in [6.07, 6.45) is 4.33. The highest BCUT2D eigenvalue weighted by Crippen LogP contribution is 2.22. The summed E-state index contributed by atoms with van der Waals surface area (Å²) < 4.78 is 23.3. The molecule has 2 rings (SSSR count). The zero-order valence-electron chi connectivity index (χ0n) is 12.2. The van der Waals surface area contributed by atoms with Gasteiger partial charge in [-0.15, -0.1) is 0 Å². The van der Waals surface area contributed by atoms with Crippen LogP contribution in [0.5, 0.6) is 0 Å².